The highest BCUT2D eigenvalue weighted by molar-refractivity contribution is 7.74. The minimum atomic E-state index is 0.719. The molecule has 0 saturated carbocycles. The summed E-state index contributed by atoms with van der Waals surface area (Å²) in [6.07, 6.45) is 0. The molecule has 1 rings (SSSR count). The van der Waals surface area contributed by atoms with Gasteiger partial charge in [-0.1, -0.05) is 24.4 Å². The zero-order valence-corrected chi connectivity index (χ0v) is 15.1. The molecule has 116 valence electrons. The van der Waals surface area contributed by atoms with Crippen molar-refractivity contribution in [1.29, 1.82) is 0 Å². The molecular weight excluding hydrogens is 290 g/mol. The zero-order chi connectivity index (χ0) is 15.7. The standard InChI is InChI=1S/C11H18N2OS2.C3H9N/c1-12(2)4-6-14-7-5-13(3)9-8-10(15)11(9)16;1-4(2)3/h8H,4-7H2,1-3H3;1-3H3. The highest BCUT2D eigenvalue weighted by Gasteiger charge is 2.07. The first-order chi connectivity index (χ1) is 9.25. The van der Waals surface area contributed by atoms with Crippen LogP contribution in [0.25, 0.3) is 0 Å². The van der Waals surface area contributed by atoms with Crippen molar-refractivity contribution in [3.05, 3.63) is 15.1 Å². The fraction of sp³-hybridized carbons (Fsp3) is 0.714. The molecular formula is C14H27N3OS2. The molecule has 0 saturated heterocycles. The summed E-state index contributed by atoms with van der Waals surface area (Å²) in [5, 5.41) is 0. The van der Waals surface area contributed by atoms with Crippen molar-refractivity contribution in [2.24, 2.45) is 0 Å². The highest BCUT2D eigenvalue weighted by atomic mass is 32.1. The monoisotopic (exact) mass is 317 g/mol. The van der Waals surface area contributed by atoms with Crippen molar-refractivity contribution in [3.63, 3.8) is 0 Å². The van der Waals surface area contributed by atoms with Crippen LogP contribution in [0.1, 0.15) is 0 Å². The van der Waals surface area contributed by atoms with Crippen LogP contribution in [-0.4, -0.2) is 78.4 Å². The van der Waals surface area contributed by atoms with Gasteiger partial charge in [0.1, 0.15) is 0 Å². The SMILES string of the molecule is CN(C)C.CN(C)CCOCCN(C)c1cc(=S)c1=S. The topological polar surface area (TPSA) is 19.0 Å². The smallest absolute Gasteiger partial charge is 0.0792 e. The molecule has 1 aromatic carbocycles. The summed E-state index contributed by atoms with van der Waals surface area (Å²) >= 11 is 10.1. The van der Waals surface area contributed by atoms with E-state index in [1.165, 1.54) is 0 Å². The van der Waals surface area contributed by atoms with E-state index < -0.39 is 0 Å². The Labute approximate surface area is 133 Å². The first kappa shape index (κ1) is 19.6. The maximum absolute atomic E-state index is 5.51. The van der Waals surface area contributed by atoms with Crippen LogP contribution in [-0.2, 0) is 4.74 Å². The maximum Gasteiger partial charge on any atom is 0.0792 e. The predicted molar refractivity (Wildman–Crippen MR) is 92.7 cm³/mol. The minimum absolute atomic E-state index is 0.719. The number of anilines is 1. The van der Waals surface area contributed by atoms with Crippen molar-refractivity contribution in [1.82, 2.24) is 9.80 Å². The Morgan fingerprint density at radius 3 is 1.85 bits per heavy atom. The first-order valence-corrected chi connectivity index (χ1v) is 7.42. The molecule has 0 unspecified atom stereocenters. The van der Waals surface area contributed by atoms with Gasteiger partial charge in [0.15, 0.2) is 0 Å². The van der Waals surface area contributed by atoms with Gasteiger partial charge >= 0.3 is 0 Å². The lowest BCUT2D eigenvalue weighted by Crippen LogP contribution is -2.25. The van der Waals surface area contributed by atoms with Crippen LogP contribution >= 0.6 is 24.4 Å². The van der Waals surface area contributed by atoms with E-state index in [4.69, 9.17) is 29.2 Å². The Bertz CT molecular complexity index is 437. The van der Waals surface area contributed by atoms with Crippen molar-refractivity contribution in [2.75, 3.05) is 73.5 Å². The average molecular weight is 318 g/mol. The van der Waals surface area contributed by atoms with E-state index in [1.54, 1.807) is 0 Å². The molecule has 1 aromatic rings. The molecule has 0 bridgehead atoms. The van der Waals surface area contributed by atoms with E-state index in [2.05, 4.69) is 9.80 Å². The van der Waals surface area contributed by atoms with E-state index in [9.17, 15) is 0 Å². The molecule has 0 atom stereocenters. The van der Waals surface area contributed by atoms with Crippen molar-refractivity contribution in [2.45, 2.75) is 0 Å². The molecule has 0 radical (unpaired) electrons. The summed E-state index contributed by atoms with van der Waals surface area (Å²) in [5.41, 5.74) is 1.07. The van der Waals surface area contributed by atoms with Crippen LogP contribution in [0, 0.1) is 9.02 Å². The van der Waals surface area contributed by atoms with Crippen LogP contribution < -0.4 is 4.90 Å². The fourth-order valence-corrected chi connectivity index (χ4v) is 1.75. The van der Waals surface area contributed by atoms with E-state index in [1.807, 2.05) is 53.3 Å². The number of likely N-dealkylation sites (N-methyl/N-ethyl adjacent to an activating group) is 2. The summed E-state index contributed by atoms with van der Waals surface area (Å²) in [4.78, 5) is 6.19. The lowest BCUT2D eigenvalue weighted by atomic mass is 10.2. The van der Waals surface area contributed by atoms with Gasteiger partial charge in [0.25, 0.3) is 0 Å². The van der Waals surface area contributed by atoms with Crippen LogP contribution in [0.4, 0.5) is 5.69 Å². The average Bonchev–Trinajstić information content (AvgIpc) is 2.33. The third-order valence-electron chi connectivity index (χ3n) is 2.39. The largest absolute Gasteiger partial charge is 0.378 e. The third kappa shape index (κ3) is 8.71. The Morgan fingerprint density at radius 2 is 1.45 bits per heavy atom. The Morgan fingerprint density at radius 1 is 0.950 bits per heavy atom. The van der Waals surface area contributed by atoms with Crippen molar-refractivity contribution < 1.29 is 4.74 Å². The quantitative estimate of drug-likeness (QED) is 0.563. The molecule has 0 aliphatic rings. The van der Waals surface area contributed by atoms with Gasteiger partial charge in [0, 0.05) is 20.1 Å². The zero-order valence-electron chi connectivity index (χ0n) is 13.5. The Kier molecular flexibility index (Phi) is 10.1. The Hall–Kier alpha value is -0.400. The van der Waals surface area contributed by atoms with Gasteiger partial charge in [0.2, 0.25) is 0 Å². The van der Waals surface area contributed by atoms with Gasteiger partial charge in [-0.25, -0.2) is 0 Å². The summed E-state index contributed by atoms with van der Waals surface area (Å²) in [6, 6.07) is 1.94. The highest BCUT2D eigenvalue weighted by Crippen LogP contribution is 2.20. The molecule has 6 heteroatoms. The lowest BCUT2D eigenvalue weighted by Gasteiger charge is -2.21. The maximum atomic E-state index is 5.51. The minimum Gasteiger partial charge on any atom is -0.378 e. The number of rotatable bonds is 7. The van der Waals surface area contributed by atoms with E-state index in [0.717, 1.165) is 41.0 Å². The number of hydrogen-bond acceptors (Lipinski definition) is 6. The van der Waals surface area contributed by atoms with E-state index in [-0.39, 0.29) is 0 Å². The van der Waals surface area contributed by atoms with E-state index in [0.29, 0.717) is 0 Å². The number of hydrogen-bond donors (Lipinski definition) is 0. The van der Waals surface area contributed by atoms with Crippen molar-refractivity contribution in [3.8, 4) is 0 Å². The van der Waals surface area contributed by atoms with Crippen LogP contribution in [0.3, 0.4) is 0 Å². The second-order valence-corrected chi connectivity index (χ2v) is 6.25. The van der Waals surface area contributed by atoms with Crippen LogP contribution in [0.5, 0.6) is 0 Å². The van der Waals surface area contributed by atoms with Crippen LogP contribution in [0.2, 0.25) is 0 Å². The molecule has 0 fully saturated rings. The van der Waals surface area contributed by atoms with Gasteiger partial charge in [-0.2, -0.15) is 0 Å². The molecule has 0 N–H and O–H groups in total. The molecule has 0 heterocycles. The predicted octanol–water partition coefficient (Wildman–Crippen LogP) is 2.21. The molecule has 0 aliphatic carbocycles. The fourth-order valence-electron chi connectivity index (χ4n) is 1.26. The summed E-state index contributed by atoms with van der Waals surface area (Å²) in [6.45, 7) is 3.29. The molecule has 4 nitrogen and oxygen atoms in total. The second kappa shape index (κ2) is 10.3. The van der Waals surface area contributed by atoms with E-state index >= 15 is 0 Å². The van der Waals surface area contributed by atoms with Gasteiger partial charge < -0.3 is 19.4 Å². The molecule has 0 amide bonds. The van der Waals surface area contributed by atoms with Crippen LogP contribution in [0.15, 0.2) is 6.07 Å². The molecule has 20 heavy (non-hydrogen) atoms. The first-order valence-electron chi connectivity index (χ1n) is 6.60. The molecule has 0 spiro atoms. The third-order valence-corrected chi connectivity index (χ3v) is 3.27. The van der Waals surface area contributed by atoms with Gasteiger partial charge in [-0.3, -0.25) is 0 Å². The van der Waals surface area contributed by atoms with Gasteiger partial charge in [0.05, 0.1) is 27.9 Å². The second-order valence-electron chi connectivity index (χ2n) is 5.40. The van der Waals surface area contributed by atoms with Crippen molar-refractivity contribution >= 4 is 30.1 Å². The summed E-state index contributed by atoms with van der Waals surface area (Å²) < 4.78 is 7.12. The molecule has 0 aliphatic heterocycles. The number of nitrogens with zero attached hydrogens (tertiary/aromatic N) is 3. The lowest BCUT2D eigenvalue weighted by molar-refractivity contribution is 0.123. The summed E-state index contributed by atoms with van der Waals surface area (Å²) in [7, 11) is 12.1. The van der Waals surface area contributed by atoms with Gasteiger partial charge in [-0.05, 0) is 41.3 Å². The normalized spacial score (nSPS) is 10.8. The molecule has 0 aromatic heterocycles. The van der Waals surface area contributed by atoms with Gasteiger partial charge in [-0.15, -0.1) is 0 Å². The Balaban J connectivity index is 0.000000796. The summed E-state index contributed by atoms with van der Waals surface area (Å²) in [5.74, 6) is 0. The number of ether oxygens (including phenoxy) is 1.